The number of nitrogens with one attached hydrogen (secondary N) is 1. The molecular weight excluding hydrogens is 282 g/mol. The Hall–Kier alpha value is -2.04. The van der Waals surface area contributed by atoms with E-state index in [9.17, 15) is 14.7 Å². The standard InChI is InChI=1S/C17H25NO4/c1-5-17(6-2,16(20)21)11-18-15(19)10-13-9-12(3)7-8-14(13)22-4/h7-9H,5-6,10-11H2,1-4H3,(H,18,19)(H,20,21). The van der Waals surface area contributed by atoms with Gasteiger partial charge in [0.15, 0.2) is 0 Å². The van der Waals surface area contributed by atoms with E-state index in [2.05, 4.69) is 5.32 Å². The van der Waals surface area contributed by atoms with Crippen molar-refractivity contribution in [2.45, 2.75) is 40.0 Å². The van der Waals surface area contributed by atoms with E-state index in [1.807, 2.05) is 39.0 Å². The summed E-state index contributed by atoms with van der Waals surface area (Å²) in [4.78, 5) is 23.6. The van der Waals surface area contributed by atoms with E-state index in [0.717, 1.165) is 11.1 Å². The number of rotatable bonds is 8. The Bertz CT molecular complexity index is 535. The lowest BCUT2D eigenvalue weighted by molar-refractivity contribution is -0.149. The van der Waals surface area contributed by atoms with Gasteiger partial charge in [-0.1, -0.05) is 31.5 Å². The van der Waals surface area contributed by atoms with E-state index in [-0.39, 0.29) is 18.9 Å². The largest absolute Gasteiger partial charge is 0.496 e. The molecule has 0 saturated heterocycles. The highest BCUT2D eigenvalue weighted by molar-refractivity contribution is 5.81. The van der Waals surface area contributed by atoms with E-state index in [0.29, 0.717) is 18.6 Å². The summed E-state index contributed by atoms with van der Waals surface area (Å²) in [5.74, 6) is -0.404. The van der Waals surface area contributed by atoms with Gasteiger partial charge in [-0.05, 0) is 25.8 Å². The summed E-state index contributed by atoms with van der Waals surface area (Å²) in [7, 11) is 1.57. The number of hydrogen-bond donors (Lipinski definition) is 2. The van der Waals surface area contributed by atoms with Gasteiger partial charge in [-0.15, -0.1) is 0 Å². The molecule has 1 aromatic carbocycles. The second kappa shape index (κ2) is 7.82. The number of carboxylic acid groups (broad SMARTS) is 1. The number of carbonyl (C=O) groups excluding carboxylic acids is 1. The molecule has 0 saturated carbocycles. The highest BCUT2D eigenvalue weighted by Crippen LogP contribution is 2.26. The quantitative estimate of drug-likeness (QED) is 0.774. The van der Waals surface area contributed by atoms with Gasteiger partial charge in [0, 0.05) is 12.1 Å². The van der Waals surface area contributed by atoms with Gasteiger partial charge in [0.05, 0.1) is 18.9 Å². The Kier molecular flexibility index (Phi) is 6.40. The molecule has 0 spiro atoms. The minimum atomic E-state index is -0.896. The second-order valence-corrected chi connectivity index (χ2v) is 5.56. The molecule has 1 rings (SSSR count). The summed E-state index contributed by atoms with van der Waals surface area (Å²) in [5.41, 5.74) is 0.950. The number of ether oxygens (including phenoxy) is 1. The molecule has 0 aromatic heterocycles. The van der Waals surface area contributed by atoms with Gasteiger partial charge in [-0.25, -0.2) is 0 Å². The Morgan fingerprint density at radius 3 is 2.41 bits per heavy atom. The van der Waals surface area contributed by atoms with Crippen molar-refractivity contribution >= 4 is 11.9 Å². The summed E-state index contributed by atoms with van der Waals surface area (Å²) in [6, 6.07) is 5.66. The van der Waals surface area contributed by atoms with Gasteiger partial charge in [-0.3, -0.25) is 9.59 Å². The predicted molar refractivity (Wildman–Crippen MR) is 85.1 cm³/mol. The molecule has 0 atom stereocenters. The van der Waals surface area contributed by atoms with Gasteiger partial charge >= 0.3 is 5.97 Å². The molecule has 2 N–H and O–H groups in total. The summed E-state index contributed by atoms with van der Waals surface area (Å²) >= 11 is 0. The number of carbonyl (C=O) groups is 2. The molecule has 122 valence electrons. The van der Waals surface area contributed by atoms with Gasteiger partial charge < -0.3 is 15.2 Å². The van der Waals surface area contributed by atoms with Gasteiger partial charge in [0.2, 0.25) is 5.91 Å². The third kappa shape index (κ3) is 4.23. The molecule has 5 nitrogen and oxygen atoms in total. The summed E-state index contributed by atoms with van der Waals surface area (Å²) in [6.45, 7) is 5.74. The lowest BCUT2D eigenvalue weighted by atomic mass is 9.82. The highest BCUT2D eigenvalue weighted by Gasteiger charge is 2.35. The van der Waals surface area contributed by atoms with Crippen LogP contribution in [0, 0.1) is 12.3 Å². The van der Waals surface area contributed by atoms with Crippen LogP contribution in [0.15, 0.2) is 18.2 Å². The molecule has 0 fully saturated rings. The maximum absolute atomic E-state index is 12.1. The number of carboxylic acids is 1. The van der Waals surface area contributed by atoms with Crippen molar-refractivity contribution in [2.24, 2.45) is 5.41 Å². The van der Waals surface area contributed by atoms with Crippen molar-refractivity contribution in [3.63, 3.8) is 0 Å². The smallest absolute Gasteiger partial charge is 0.311 e. The van der Waals surface area contributed by atoms with Crippen LogP contribution in [0.1, 0.15) is 37.8 Å². The molecule has 0 bridgehead atoms. The molecule has 0 radical (unpaired) electrons. The monoisotopic (exact) mass is 307 g/mol. The zero-order chi connectivity index (χ0) is 16.8. The topological polar surface area (TPSA) is 75.6 Å². The molecule has 22 heavy (non-hydrogen) atoms. The van der Waals surface area contributed by atoms with Crippen molar-refractivity contribution in [3.05, 3.63) is 29.3 Å². The molecule has 1 aromatic rings. The molecule has 0 aliphatic carbocycles. The maximum Gasteiger partial charge on any atom is 0.311 e. The zero-order valence-corrected chi connectivity index (χ0v) is 13.7. The van der Waals surface area contributed by atoms with E-state index in [1.54, 1.807) is 7.11 Å². The number of benzene rings is 1. The fourth-order valence-electron chi connectivity index (χ4n) is 2.43. The van der Waals surface area contributed by atoms with E-state index < -0.39 is 11.4 Å². The fourth-order valence-corrected chi connectivity index (χ4v) is 2.43. The van der Waals surface area contributed by atoms with Crippen LogP contribution in [0.2, 0.25) is 0 Å². The fraction of sp³-hybridized carbons (Fsp3) is 0.529. The van der Waals surface area contributed by atoms with Crippen LogP contribution in [0.3, 0.4) is 0 Å². The van der Waals surface area contributed by atoms with Crippen molar-refractivity contribution < 1.29 is 19.4 Å². The first-order valence-electron chi connectivity index (χ1n) is 7.52. The van der Waals surface area contributed by atoms with E-state index in [1.165, 1.54) is 0 Å². The minimum absolute atomic E-state index is 0.141. The average Bonchev–Trinajstić information content (AvgIpc) is 2.48. The number of hydrogen-bond acceptors (Lipinski definition) is 3. The first-order valence-corrected chi connectivity index (χ1v) is 7.52. The van der Waals surface area contributed by atoms with Crippen LogP contribution in [-0.4, -0.2) is 30.6 Å². The van der Waals surface area contributed by atoms with E-state index >= 15 is 0 Å². The molecule has 1 amide bonds. The van der Waals surface area contributed by atoms with Crippen LogP contribution in [0.5, 0.6) is 5.75 Å². The first-order chi connectivity index (χ1) is 10.4. The normalized spacial score (nSPS) is 11.1. The van der Waals surface area contributed by atoms with Crippen LogP contribution < -0.4 is 10.1 Å². The van der Waals surface area contributed by atoms with Crippen molar-refractivity contribution in [3.8, 4) is 5.75 Å². The predicted octanol–water partition coefficient (Wildman–Crippen LogP) is 2.55. The van der Waals surface area contributed by atoms with Crippen molar-refractivity contribution in [1.29, 1.82) is 0 Å². The maximum atomic E-state index is 12.1. The van der Waals surface area contributed by atoms with Crippen LogP contribution in [-0.2, 0) is 16.0 Å². The average molecular weight is 307 g/mol. The molecular formula is C17H25NO4. The minimum Gasteiger partial charge on any atom is -0.496 e. The number of amides is 1. The number of aryl methyl sites for hydroxylation is 1. The number of aliphatic carboxylic acids is 1. The van der Waals surface area contributed by atoms with Gasteiger partial charge in [0.25, 0.3) is 0 Å². The molecule has 0 unspecified atom stereocenters. The third-order valence-electron chi connectivity index (χ3n) is 4.22. The van der Waals surface area contributed by atoms with Crippen LogP contribution >= 0.6 is 0 Å². The second-order valence-electron chi connectivity index (χ2n) is 5.56. The van der Waals surface area contributed by atoms with Crippen LogP contribution in [0.4, 0.5) is 0 Å². The summed E-state index contributed by atoms with van der Waals surface area (Å²) in [5, 5.41) is 12.1. The lowest BCUT2D eigenvalue weighted by Crippen LogP contribution is -2.42. The summed E-state index contributed by atoms with van der Waals surface area (Å²) < 4.78 is 5.25. The molecule has 0 aliphatic rings. The molecule has 0 aliphatic heterocycles. The van der Waals surface area contributed by atoms with Gasteiger partial charge in [0.1, 0.15) is 5.75 Å². The van der Waals surface area contributed by atoms with Crippen LogP contribution in [0.25, 0.3) is 0 Å². The van der Waals surface area contributed by atoms with E-state index in [4.69, 9.17) is 4.74 Å². The van der Waals surface area contributed by atoms with Crippen molar-refractivity contribution in [1.82, 2.24) is 5.32 Å². The number of methoxy groups -OCH3 is 1. The van der Waals surface area contributed by atoms with Crippen molar-refractivity contribution in [2.75, 3.05) is 13.7 Å². The first kappa shape index (κ1) is 18.0. The Balaban J connectivity index is 2.75. The zero-order valence-electron chi connectivity index (χ0n) is 13.7. The van der Waals surface area contributed by atoms with Gasteiger partial charge in [-0.2, -0.15) is 0 Å². The Labute approximate surface area is 131 Å². The summed E-state index contributed by atoms with van der Waals surface area (Å²) in [6.07, 6.45) is 1.13. The molecule has 0 heterocycles. The molecule has 5 heteroatoms. The highest BCUT2D eigenvalue weighted by atomic mass is 16.5. The lowest BCUT2D eigenvalue weighted by Gasteiger charge is -2.26. The Morgan fingerprint density at radius 1 is 1.27 bits per heavy atom. The SMILES string of the molecule is CCC(CC)(CNC(=O)Cc1cc(C)ccc1OC)C(=O)O. The Morgan fingerprint density at radius 2 is 1.91 bits per heavy atom. The third-order valence-corrected chi connectivity index (χ3v) is 4.22.